The Morgan fingerprint density at radius 2 is 2.33 bits per heavy atom. The molecule has 1 N–H and O–H groups in total. The third kappa shape index (κ3) is 2.22. The maximum Gasteiger partial charge on any atom is 0.0414 e. The van der Waals surface area contributed by atoms with E-state index in [1.165, 1.54) is 30.7 Å². The first-order chi connectivity index (χ1) is 5.47. The highest BCUT2D eigenvalue weighted by Gasteiger charge is 2.14. The summed E-state index contributed by atoms with van der Waals surface area (Å²) in [6, 6.07) is 5.02. The Bertz CT molecular complexity index is 204. The molecule has 0 aromatic carbocycles. The average molecular weight is 204 g/mol. The Morgan fingerprint density at radius 3 is 2.92 bits per heavy atom. The summed E-state index contributed by atoms with van der Waals surface area (Å²) in [5, 5.41) is 5.69. The monoisotopic (exact) mass is 203 g/mol. The molecule has 3 heteroatoms. The minimum atomic E-state index is 0. The van der Waals surface area contributed by atoms with E-state index in [0.717, 1.165) is 0 Å². The van der Waals surface area contributed by atoms with Crippen molar-refractivity contribution in [3.8, 4) is 0 Å². The number of thiophene rings is 1. The van der Waals surface area contributed by atoms with Crippen molar-refractivity contribution in [2.24, 2.45) is 0 Å². The van der Waals surface area contributed by atoms with Crippen molar-refractivity contribution < 1.29 is 0 Å². The average Bonchev–Trinajstić information content (AvgIpc) is 2.58. The van der Waals surface area contributed by atoms with Crippen molar-refractivity contribution in [1.29, 1.82) is 0 Å². The minimum Gasteiger partial charge on any atom is -0.309 e. The number of piperidine rings is 1. The summed E-state index contributed by atoms with van der Waals surface area (Å²) in [6.45, 7) is 1.20. The van der Waals surface area contributed by atoms with Crippen LogP contribution in [0.2, 0.25) is 0 Å². The molecular formula is C9H14ClNS. The van der Waals surface area contributed by atoms with Gasteiger partial charge in [-0.2, -0.15) is 0 Å². The predicted octanol–water partition coefficient (Wildman–Crippen LogP) is 2.98. The normalized spacial score (nSPS) is 23.2. The Hall–Kier alpha value is -0.0500. The lowest BCUT2D eigenvalue weighted by Gasteiger charge is -2.21. The largest absolute Gasteiger partial charge is 0.309 e. The van der Waals surface area contributed by atoms with Crippen LogP contribution >= 0.6 is 23.7 Å². The summed E-state index contributed by atoms with van der Waals surface area (Å²) < 4.78 is 0. The molecule has 0 aliphatic carbocycles. The quantitative estimate of drug-likeness (QED) is 0.740. The van der Waals surface area contributed by atoms with E-state index < -0.39 is 0 Å². The molecule has 1 saturated heterocycles. The lowest BCUT2D eigenvalue weighted by Crippen LogP contribution is -2.25. The number of hydrogen-bond donors (Lipinski definition) is 1. The van der Waals surface area contributed by atoms with Gasteiger partial charge in [-0.1, -0.05) is 12.5 Å². The lowest BCUT2D eigenvalue weighted by molar-refractivity contribution is 0.417. The molecule has 1 atom stereocenters. The van der Waals surface area contributed by atoms with Crippen LogP contribution in [0.3, 0.4) is 0 Å². The van der Waals surface area contributed by atoms with Gasteiger partial charge in [0.05, 0.1) is 0 Å². The second-order valence-electron chi connectivity index (χ2n) is 3.02. The van der Waals surface area contributed by atoms with Crippen LogP contribution in [-0.2, 0) is 0 Å². The van der Waals surface area contributed by atoms with Gasteiger partial charge in [-0.15, -0.1) is 23.7 Å². The van der Waals surface area contributed by atoms with Crippen LogP contribution < -0.4 is 5.32 Å². The SMILES string of the molecule is Cl.c1csc([C@@H]2CCCCN2)c1. The Labute approximate surface area is 83.6 Å². The van der Waals surface area contributed by atoms with Crippen LogP contribution in [0.25, 0.3) is 0 Å². The summed E-state index contributed by atoms with van der Waals surface area (Å²) in [7, 11) is 0. The zero-order chi connectivity index (χ0) is 7.52. The number of hydrogen-bond acceptors (Lipinski definition) is 2. The fourth-order valence-corrected chi connectivity index (χ4v) is 2.42. The summed E-state index contributed by atoms with van der Waals surface area (Å²) in [5.41, 5.74) is 0. The van der Waals surface area contributed by atoms with Gasteiger partial charge < -0.3 is 5.32 Å². The summed E-state index contributed by atoms with van der Waals surface area (Å²) in [6.07, 6.45) is 4.05. The topological polar surface area (TPSA) is 12.0 Å². The summed E-state index contributed by atoms with van der Waals surface area (Å²) in [4.78, 5) is 1.50. The first-order valence-electron chi connectivity index (χ1n) is 4.23. The van der Waals surface area contributed by atoms with E-state index in [4.69, 9.17) is 0 Å². The molecule has 1 aromatic rings. The zero-order valence-corrected chi connectivity index (χ0v) is 8.59. The molecule has 1 fully saturated rings. The molecule has 1 aromatic heterocycles. The first kappa shape index (κ1) is 10.0. The van der Waals surface area contributed by atoms with Crippen molar-refractivity contribution in [2.75, 3.05) is 6.54 Å². The highest BCUT2D eigenvalue weighted by Crippen LogP contribution is 2.25. The molecule has 0 saturated carbocycles. The van der Waals surface area contributed by atoms with E-state index in [1.54, 1.807) is 0 Å². The lowest BCUT2D eigenvalue weighted by atomic mass is 10.0. The molecule has 0 radical (unpaired) electrons. The molecule has 68 valence electrons. The van der Waals surface area contributed by atoms with Crippen molar-refractivity contribution in [2.45, 2.75) is 25.3 Å². The fourth-order valence-electron chi connectivity index (χ4n) is 1.58. The van der Waals surface area contributed by atoms with Gasteiger partial charge in [0.1, 0.15) is 0 Å². The summed E-state index contributed by atoms with van der Waals surface area (Å²) >= 11 is 1.87. The van der Waals surface area contributed by atoms with E-state index in [0.29, 0.717) is 6.04 Å². The minimum absolute atomic E-state index is 0. The van der Waals surface area contributed by atoms with Crippen LogP contribution in [0.4, 0.5) is 0 Å². The maximum atomic E-state index is 3.53. The smallest absolute Gasteiger partial charge is 0.0414 e. The molecule has 2 heterocycles. The van der Waals surface area contributed by atoms with Gasteiger partial charge >= 0.3 is 0 Å². The number of nitrogens with one attached hydrogen (secondary N) is 1. The second-order valence-corrected chi connectivity index (χ2v) is 4.00. The van der Waals surface area contributed by atoms with E-state index in [1.807, 2.05) is 11.3 Å². The van der Waals surface area contributed by atoms with Crippen LogP contribution in [0.5, 0.6) is 0 Å². The molecule has 1 aliphatic rings. The first-order valence-corrected chi connectivity index (χ1v) is 5.11. The number of rotatable bonds is 1. The zero-order valence-electron chi connectivity index (χ0n) is 6.95. The highest BCUT2D eigenvalue weighted by molar-refractivity contribution is 7.10. The van der Waals surface area contributed by atoms with Gasteiger partial charge in [0.2, 0.25) is 0 Å². The van der Waals surface area contributed by atoms with Crippen molar-refractivity contribution in [3.63, 3.8) is 0 Å². The molecule has 12 heavy (non-hydrogen) atoms. The van der Waals surface area contributed by atoms with Crippen molar-refractivity contribution >= 4 is 23.7 Å². The predicted molar refractivity (Wildman–Crippen MR) is 56.2 cm³/mol. The molecule has 0 amide bonds. The fraction of sp³-hybridized carbons (Fsp3) is 0.556. The van der Waals surface area contributed by atoms with Gasteiger partial charge in [-0.3, -0.25) is 0 Å². The third-order valence-corrected chi connectivity index (χ3v) is 3.18. The van der Waals surface area contributed by atoms with Crippen LogP contribution in [-0.4, -0.2) is 6.54 Å². The van der Waals surface area contributed by atoms with Gasteiger partial charge in [-0.25, -0.2) is 0 Å². The standard InChI is InChI=1S/C9H13NS.ClH/c1-2-6-10-8(4-1)9-5-3-7-11-9;/h3,5,7-8,10H,1-2,4,6H2;1H/t8-;/m0./s1. The van der Waals surface area contributed by atoms with E-state index in [2.05, 4.69) is 22.8 Å². The highest BCUT2D eigenvalue weighted by atomic mass is 35.5. The Kier molecular flexibility index (Phi) is 4.06. The van der Waals surface area contributed by atoms with Crippen molar-refractivity contribution in [1.82, 2.24) is 5.32 Å². The van der Waals surface area contributed by atoms with E-state index >= 15 is 0 Å². The molecule has 0 unspecified atom stereocenters. The molecule has 0 bridgehead atoms. The maximum absolute atomic E-state index is 3.53. The van der Waals surface area contributed by atoms with Crippen LogP contribution in [0.1, 0.15) is 30.2 Å². The molecule has 1 aliphatic heterocycles. The molecule has 2 rings (SSSR count). The van der Waals surface area contributed by atoms with Crippen LogP contribution in [0, 0.1) is 0 Å². The second kappa shape index (κ2) is 4.85. The molecular weight excluding hydrogens is 190 g/mol. The van der Waals surface area contributed by atoms with Crippen LogP contribution in [0.15, 0.2) is 17.5 Å². The van der Waals surface area contributed by atoms with Gasteiger partial charge in [-0.05, 0) is 30.8 Å². The van der Waals surface area contributed by atoms with E-state index in [9.17, 15) is 0 Å². The third-order valence-electron chi connectivity index (χ3n) is 2.20. The number of halogens is 1. The van der Waals surface area contributed by atoms with Gasteiger partial charge in [0.25, 0.3) is 0 Å². The molecule has 0 spiro atoms. The van der Waals surface area contributed by atoms with Crippen molar-refractivity contribution in [3.05, 3.63) is 22.4 Å². The van der Waals surface area contributed by atoms with Gasteiger partial charge in [0, 0.05) is 10.9 Å². The summed E-state index contributed by atoms with van der Waals surface area (Å²) in [5.74, 6) is 0. The Balaban J connectivity index is 0.000000720. The van der Waals surface area contributed by atoms with Gasteiger partial charge in [0.15, 0.2) is 0 Å². The van der Waals surface area contributed by atoms with E-state index in [-0.39, 0.29) is 12.4 Å². The molecule has 1 nitrogen and oxygen atoms in total. The Morgan fingerprint density at radius 1 is 1.42 bits per heavy atom.